The highest BCUT2D eigenvalue weighted by atomic mass is 35.5. The van der Waals surface area contributed by atoms with Crippen LogP contribution < -0.4 is 5.73 Å². The lowest BCUT2D eigenvalue weighted by atomic mass is 9.86. The number of halogens is 1. The van der Waals surface area contributed by atoms with Crippen LogP contribution in [0, 0.1) is 12.8 Å². The van der Waals surface area contributed by atoms with E-state index < -0.39 is 0 Å². The van der Waals surface area contributed by atoms with Crippen molar-refractivity contribution in [3.05, 3.63) is 34.3 Å². The molecule has 16 heavy (non-hydrogen) atoms. The summed E-state index contributed by atoms with van der Waals surface area (Å²) < 4.78 is 5.36. The highest BCUT2D eigenvalue weighted by molar-refractivity contribution is 6.31. The third kappa shape index (κ3) is 2.40. The van der Waals surface area contributed by atoms with Crippen LogP contribution in [-0.4, -0.2) is 13.2 Å². The molecule has 2 N–H and O–H groups in total. The molecule has 1 aromatic rings. The zero-order chi connectivity index (χ0) is 11.5. The first kappa shape index (κ1) is 11.9. The monoisotopic (exact) mass is 239 g/mol. The van der Waals surface area contributed by atoms with E-state index in [4.69, 9.17) is 22.1 Å². The molecule has 2 rings (SSSR count). The molecule has 1 unspecified atom stereocenters. The standard InChI is InChI=1S/C13H18ClNO/c1-9-11(3-2-4-12(9)14)13(15)10-5-7-16-8-6-10/h2-4,10,13H,5-8,15H2,1H3. The van der Waals surface area contributed by atoms with Gasteiger partial charge < -0.3 is 10.5 Å². The maximum Gasteiger partial charge on any atom is 0.0469 e. The molecule has 1 atom stereocenters. The van der Waals surface area contributed by atoms with Crippen molar-refractivity contribution < 1.29 is 4.74 Å². The lowest BCUT2D eigenvalue weighted by molar-refractivity contribution is 0.0583. The summed E-state index contributed by atoms with van der Waals surface area (Å²) in [5.74, 6) is 0.519. The average molecular weight is 240 g/mol. The van der Waals surface area contributed by atoms with Gasteiger partial charge in [0.15, 0.2) is 0 Å². The fraction of sp³-hybridized carbons (Fsp3) is 0.538. The summed E-state index contributed by atoms with van der Waals surface area (Å²) >= 11 is 6.12. The Bertz CT molecular complexity index is 361. The summed E-state index contributed by atoms with van der Waals surface area (Å²) in [6, 6.07) is 6.06. The van der Waals surface area contributed by atoms with Crippen molar-refractivity contribution in [2.75, 3.05) is 13.2 Å². The smallest absolute Gasteiger partial charge is 0.0469 e. The predicted octanol–water partition coefficient (Wildman–Crippen LogP) is 3.07. The first-order chi connectivity index (χ1) is 7.70. The van der Waals surface area contributed by atoms with Gasteiger partial charge in [-0.25, -0.2) is 0 Å². The molecule has 1 aliphatic rings. The van der Waals surface area contributed by atoms with Crippen molar-refractivity contribution in [1.29, 1.82) is 0 Å². The number of hydrogen-bond donors (Lipinski definition) is 1. The lowest BCUT2D eigenvalue weighted by Gasteiger charge is -2.29. The van der Waals surface area contributed by atoms with Gasteiger partial charge in [-0.1, -0.05) is 23.7 Å². The molecule has 88 valence electrons. The summed E-state index contributed by atoms with van der Waals surface area (Å²) in [6.07, 6.45) is 2.10. The number of benzene rings is 1. The zero-order valence-electron chi connectivity index (χ0n) is 9.58. The highest BCUT2D eigenvalue weighted by Gasteiger charge is 2.23. The van der Waals surface area contributed by atoms with Crippen LogP contribution in [0.25, 0.3) is 0 Å². The molecule has 1 aliphatic heterocycles. The summed E-state index contributed by atoms with van der Waals surface area (Å²) in [4.78, 5) is 0. The Morgan fingerprint density at radius 2 is 2.06 bits per heavy atom. The van der Waals surface area contributed by atoms with E-state index in [0.717, 1.165) is 36.6 Å². The van der Waals surface area contributed by atoms with Crippen LogP contribution in [0.2, 0.25) is 5.02 Å². The quantitative estimate of drug-likeness (QED) is 0.861. The summed E-state index contributed by atoms with van der Waals surface area (Å²) in [5, 5.41) is 0.806. The number of nitrogens with two attached hydrogens (primary N) is 1. The van der Waals surface area contributed by atoms with Gasteiger partial charge in [0.2, 0.25) is 0 Å². The van der Waals surface area contributed by atoms with Crippen LogP contribution in [0.1, 0.15) is 30.0 Å². The second-order valence-corrected chi connectivity index (χ2v) is 4.84. The summed E-state index contributed by atoms with van der Waals surface area (Å²) in [5.41, 5.74) is 8.62. The van der Waals surface area contributed by atoms with Crippen molar-refractivity contribution in [1.82, 2.24) is 0 Å². The SMILES string of the molecule is Cc1c(Cl)cccc1C(N)C1CCOCC1. The molecule has 0 aromatic heterocycles. The van der Waals surface area contributed by atoms with Crippen molar-refractivity contribution in [2.24, 2.45) is 11.7 Å². The summed E-state index contributed by atoms with van der Waals surface area (Å²) in [7, 11) is 0. The molecule has 0 bridgehead atoms. The topological polar surface area (TPSA) is 35.2 Å². The van der Waals surface area contributed by atoms with Crippen molar-refractivity contribution >= 4 is 11.6 Å². The van der Waals surface area contributed by atoms with Gasteiger partial charge in [-0.15, -0.1) is 0 Å². The van der Waals surface area contributed by atoms with Gasteiger partial charge in [0.05, 0.1) is 0 Å². The predicted molar refractivity (Wildman–Crippen MR) is 66.7 cm³/mol. The van der Waals surface area contributed by atoms with E-state index in [2.05, 4.69) is 6.07 Å². The Morgan fingerprint density at radius 3 is 2.75 bits per heavy atom. The number of hydrogen-bond acceptors (Lipinski definition) is 2. The van der Waals surface area contributed by atoms with Gasteiger partial charge in [0.25, 0.3) is 0 Å². The largest absolute Gasteiger partial charge is 0.381 e. The Morgan fingerprint density at radius 1 is 1.38 bits per heavy atom. The molecule has 1 saturated heterocycles. The van der Waals surface area contributed by atoms with Gasteiger partial charge >= 0.3 is 0 Å². The van der Waals surface area contributed by atoms with Crippen LogP contribution >= 0.6 is 11.6 Å². The van der Waals surface area contributed by atoms with Crippen molar-refractivity contribution in [3.63, 3.8) is 0 Å². The molecular formula is C13H18ClNO. The minimum atomic E-state index is 0.0857. The minimum absolute atomic E-state index is 0.0857. The average Bonchev–Trinajstić information content (AvgIpc) is 2.33. The first-order valence-electron chi connectivity index (χ1n) is 5.78. The molecule has 0 saturated carbocycles. The third-order valence-electron chi connectivity index (χ3n) is 3.44. The van der Waals surface area contributed by atoms with E-state index in [1.54, 1.807) is 0 Å². The van der Waals surface area contributed by atoms with Crippen molar-refractivity contribution in [2.45, 2.75) is 25.8 Å². The second kappa shape index (κ2) is 5.17. The number of ether oxygens (including phenoxy) is 1. The Hall–Kier alpha value is -0.570. The normalized spacial score (nSPS) is 19.7. The van der Waals surface area contributed by atoms with Gasteiger partial charge in [-0.3, -0.25) is 0 Å². The molecule has 1 heterocycles. The van der Waals surface area contributed by atoms with Crippen LogP contribution in [0.4, 0.5) is 0 Å². The van der Waals surface area contributed by atoms with E-state index in [-0.39, 0.29) is 6.04 Å². The number of rotatable bonds is 2. The molecule has 0 aliphatic carbocycles. The van der Waals surface area contributed by atoms with Gasteiger partial charge in [0, 0.05) is 24.3 Å². The zero-order valence-corrected chi connectivity index (χ0v) is 10.3. The maximum absolute atomic E-state index is 6.33. The van der Waals surface area contributed by atoms with Gasteiger partial charge in [0.1, 0.15) is 0 Å². The van der Waals surface area contributed by atoms with E-state index >= 15 is 0 Å². The molecule has 0 radical (unpaired) electrons. The fourth-order valence-electron chi connectivity index (χ4n) is 2.31. The van der Waals surface area contributed by atoms with E-state index in [0.29, 0.717) is 5.92 Å². The van der Waals surface area contributed by atoms with E-state index in [9.17, 15) is 0 Å². The fourth-order valence-corrected chi connectivity index (χ4v) is 2.50. The molecule has 3 heteroatoms. The van der Waals surface area contributed by atoms with Crippen LogP contribution in [-0.2, 0) is 4.74 Å². The minimum Gasteiger partial charge on any atom is -0.381 e. The molecule has 1 aromatic carbocycles. The molecule has 2 nitrogen and oxygen atoms in total. The third-order valence-corrected chi connectivity index (χ3v) is 3.85. The Kier molecular flexibility index (Phi) is 3.85. The van der Waals surface area contributed by atoms with Crippen LogP contribution in [0.5, 0.6) is 0 Å². The molecular weight excluding hydrogens is 222 g/mol. The molecule has 0 spiro atoms. The van der Waals surface area contributed by atoms with Gasteiger partial charge in [-0.2, -0.15) is 0 Å². The molecule has 1 fully saturated rings. The first-order valence-corrected chi connectivity index (χ1v) is 6.16. The second-order valence-electron chi connectivity index (χ2n) is 4.43. The lowest BCUT2D eigenvalue weighted by Crippen LogP contribution is -2.28. The van der Waals surface area contributed by atoms with Crippen LogP contribution in [0.3, 0.4) is 0 Å². The maximum atomic E-state index is 6.33. The molecule has 0 amide bonds. The van der Waals surface area contributed by atoms with Crippen molar-refractivity contribution in [3.8, 4) is 0 Å². The van der Waals surface area contributed by atoms with E-state index in [1.807, 2.05) is 19.1 Å². The summed E-state index contributed by atoms with van der Waals surface area (Å²) in [6.45, 7) is 3.70. The Balaban J connectivity index is 2.19. The van der Waals surface area contributed by atoms with Crippen LogP contribution in [0.15, 0.2) is 18.2 Å². The Labute approximate surface area is 102 Å². The highest BCUT2D eigenvalue weighted by Crippen LogP contribution is 2.31. The van der Waals surface area contributed by atoms with E-state index in [1.165, 1.54) is 5.56 Å². The van der Waals surface area contributed by atoms with Gasteiger partial charge in [-0.05, 0) is 42.9 Å².